The van der Waals surface area contributed by atoms with Gasteiger partial charge in [-0.2, -0.15) is 5.10 Å². The van der Waals surface area contributed by atoms with E-state index >= 15 is 0 Å². The highest BCUT2D eigenvalue weighted by Crippen LogP contribution is 2.15. The Morgan fingerprint density at radius 2 is 2.14 bits per heavy atom. The number of hydrogen-bond acceptors (Lipinski definition) is 3. The molecule has 2 N–H and O–H groups in total. The van der Waals surface area contributed by atoms with E-state index in [1.807, 2.05) is 6.92 Å². The van der Waals surface area contributed by atoms with E-state index in [4.69, 9.17) is 5.73 Å². The van der Waals surface area contributed by atoms with Crippen LogP contribution in [0.4, 0.5) is 10.1 Å². The molecule has 6 heteroatoms. The number of likely N-dealkylation sites (N-methyl/N-ethyl adjacent to an activating group) is 1. The number of carbonyl (C=O) groups is 1. The zero-order valence-electron chi connectivity index (χ0n) is 12.4. The molecule has 0 aliphatic heterocycles. The Kier molecular flexibility index (Phi) is 4.26. The van der Waals surface area contributed by atoms with Crippen molar-refractivity contribution in [3.63, 3.8) is 0 Å². The quantitative estimate of drug-likeness (QED) is 0.935. The molecule has 0 bridgehead atoms. The van der Waals surface area contributed by atoms with Crippen LogP contribution in [0, 0.1) is 19.7 Å². The standard InChI is InChI=1S/C15H19FN4O/c1-10-15(17)11(2)20(18-10)9-14(21)19(3)8-12-5-4-6-13(16)7-12/h4-7H,8-9,17H2,1-3H3. The van der Waals surface area contributed by atoms with E-state index in [1.165, 1.54) is 12.1 Å². The van der Waals surface area contributed by atoms with Crippen LogP contribution in [0.25, 0.3) is 0 Å². The van der Waals surface area contributed by atoms with E-state index in [9.17, 15) is 9.18 Å². The van der Waals surface area contributed by atoms with Crippen molar-refractivity contribution in [3.05, 3.63) is 47.0 Å². The highest BCUT2D eigenvalue weighted by Gasteiger charge is 2.14. The molecule has 2 rings (SSSR count). The average Bonchev–Trinajstić information content (AvgIpc) is 2.66. The summed E-state index contributed by atoms with van der Waals surface area (Å²) in [6.45, 7) is 4.11. The Labute approximate surface area is 123 Å². The second kappa shape index (κ2) is 5.95. The first-order valence-corrected chi connectivity index (χ1v) is 6.66. The third-order valence-corrected chi connectivity index (χ3v) is 3.46. The number of amides is 1. The predicted octanol–water partition coefficient (Wildman–Crippen LogP) is 1.88. The number of nitrogens with zero attached hydrogens (tertiary/aromatic N) is 3. The van der Waals surface area contributed by atoms with Crippen molar-refractivity contribution >= 4 is 11.6 Å². The topological polar surface area (TPSA) is 64.2 Å². The van der Waals surface area contributed by atoms with Crippen molar-refractivity contribution in [3.8, 4) is 0 Å². The van der Waals surface area contributed by atoms with Crippen molar-refractivity contribution in [1.29, 1.82) is 0 Å². The van der Waals surface area contributed by atoms with E-state index in [-0.39, 0.29) is 18.3 Å². The molecule has 112 valence electrons. The Morgan fingerprint density at radius 1 is 1.43 bits per heavy atom. The Hall–Kier alpha value is -2.37. The van der Waals surface area contributed by atoms with E-state index in [0.717, 1.165) is 11.3 Å². The molecule has 0 aliphatic carbocycles. The fourth-order valence-corrected chi connectivity index (χ4v) is 2.11. The molecule has 1 aromatic heterocycles. The first kappa shape index (κ1) is 15.0. The zero-order chi connectivity index (χ0) is 15.6. The maximum absolute atomic E-state index is 13.1. The third-order valence-electron chi connectivity index (χ3n) is 3.46. The van der Waals surface area contributed by atoms with Crippen LogP contribution >= 0.6 is 0 Å². The van der Waals surface area contributed by atoms with Gasteiger partial charge < -0.3 is 10.6 Å². The van der Waals surface area contributed by atoms with Gasteiger partial charge in [-0.25, -0.2) is 4.39 Å². The summed E-state index contributed by atoms with van der Waals surface area (Å²) in [6.07, 6.45) is 0. The minimum Gasteiger partial charge on any atom is -0.396 e. The van der Waals surface area contributed by atoms with Crippen LogP contribution in [0.2, 0.25) is 0 Å². The lowest BCUT2D eigenvalue weighted by molar-refractivity contribution is -0.131. The van der Waals surface area contributed by atoms with Crippen molar-refractivity contribution in [1.82, 2.24) is 14.7 Å². The number of nitrogen functional groups attached to an aromatic ring is 1. The molecular weight excluding hydrogens is 271 g/mol. The van der Waals surface area contributed by atoms with E-state index < -0.39 is 0 Å². The second-order valence-electron chi connectivity index (χ2n) is 5.12. The fourth-order valence-electron chi connectivity index (χ4n) is 2.11. The number of benzene rings is 1. The van der Waals surface area contributed by atoms with Crippen LogP contribution in [0.15, 0.2) is 24.3 Å². The van der Waals surface area contributed by atoms with E-state index in [0.29, 0.717) is 17.9 Å². The summed E-state index contributed by atoms with van der Waals surface area (Å²) in [5, 5.41) is 4.24. The molecule has 0 atom stereocenters. The largest absolute Gasteiger partial charge is 0.396 e. The summed E-state index contributed by atoms with van der Waals surface area (Å²) in [5.74, 6) is -0.412. The molecule has 0 saturated heterocycles. The Balaban J connectivity index is 2.04. The maximum Gasteiger partial charge on any atom is 0.244 e. The third kappa shape index (κ3) is 3.39. The van der Waals surface area contributed by atoms with Gasteiger partial charge in [-0.05, 0) is 31.5 Å². The number of nitrogens with two attached hydrogens (primary N) is 1. The van der Waals surface area contributed by atoms with Crippen molar-refractivity contribution in [2.75, 3.05) is 12.8 Å². The van der Waals surface area contributed by atoms with Gasteiger partial charge in [-0.15, -0.1) is 0 Å². The monoisotopic (exact) mass is 290 g/mol. The van der Waals surface area contributed by atoms with Gasteiger partial charge in [0.2, 0.25) is 5.91 Å². The van der Waals surface area contributed by atoms with Gasteiger partial charge in [0.1, 0.15) is 12.4 Å². The highest BCUT2D eigenvalue weighted by molar-refractivity contribution is 5.76. The molecule has 1 amide bonds. The lowest BCUT2D eigenvalue weighted by Gasteiger charge is -2.17. The van der Waals surface area contributed by atoms with Crippen molar-refractivity contribution in [2.24, 2.45) is 0 Å². The number of carbonyl (C=O) groups excluding carboxylic acids is 1. The molecule has 0 aliphatic rings. The number of aryl methyl sites for hydroxylation is 1. The molecule has 21 heavy (non-hydrogen) atoms. The van der Waals surface area contributed by atoms with Crippen LogP contribution in [0.1, 0.15) is 17.0 Å². The molecule has 0 radical (unpaired) electrons. The number of rotatable bonds is 4. The molecule has 0 saturated carbocycles. The predicted molar refractivity (Wildman–Crippen MR) is 79.0 cm³/mol. The fraction of sp³-hybridized carbons (Fsp3) is 0.333. The van der Waals surface area contributed by atoms with E-state index in [2.05, 4.69) is 5.10 Å². The van der Waals surface area contributed by atoms with Gasteiger partial charge in [0.05, 0.1) is 17.1 Å². The van der Waals surface area contributed by atoms with E-state index in [1.54, 1.807) is 35.7 Å². The summed E-state index contributed by atoms with van der Waals surface area (Å²) < 4.78 is 14.7. The second-order valence-corrected chi connectivity index (χ2v) is 5.12. The molecule has 5 nitrogen and oxygen atoms in total. The first-order valence-electron chi connectivity index (χ1n) is 6.66. The summed E-state index contributed by atoms with van der Waals surface area (Å²) in [6, 6.07) is 6.22. The minimum atomic E-state index is -0.306. The average molecular weight is 290 g/mol. The molecule has 2 aromatic rings. The lowest BCUT2D eigenvalue weighted by Crippen LogP contribution is -2.30. The van der Waals surface area contributed by atoms with Crippen LogP contribution in [-0.2, 0) is 17.9 Å². The smallest absolute Gasteiger partial charge is 0.244 e. The summed E-state index contributed by atoms with van der Waals surface area (Å²) in [7, 11) is 1.68. The Bertz CT molecular complexity index is 666. The van der Waals surface area contributed by atoms with Gasteiger partial charge in [-0.1, -0.05) is 12.1 Å². The van der Waals surface area contributed by atoms with Gasteiger partial charge in [0, 0.05) is 13.6 Å². The van der Waals surface area contributed by atoms with Gasteiger partial charge in [0.15, 0.2) is 0 Å². The van der Waals surface area contributed by atoms with Crippen LogP contribution in [-0.4, -0.2) is 27.6 Å². The summed E-state index contributed by atoms with van der Waals surface area (Å²) in [5.41, 5.74) is 8.69. The molecule has 0 fully saturated rings. The number of halogens is 1. The first-order chi connectivity index (χ1) is 9.88. The summed E-state index contributed by atoms with van der Waals surface area (Å²) >= 11 is 0. The van der Waals surface area contributed by atoms with Gasteiger partial charge in [-0.3, -0.25) is 9.48 Å². The molecule has 1 heterocycles. The van der Waals surface area contributed by atoms with Gasteiger partial charge >= 0.3 is 0 Å². The van der Waals surface area contributed by atoms with Gasteiger partial charge in [0.25, 0.3) is 0 Å². The molecular formula is C15H19FN4O. The van der Waals surface area contributed by atoms with Crippen molar-refractivity contribution in [2.45, 2.75) is 26.9 Å². The number of anilines is 1. The number of aromatic nitrogens is 2. The van der Waals surface area contributed by atoms with Crippen LogP contribution in [0.5, 0.6) is 0 Å². The molecule has 0 spiro atoms. The SMILES string of the molecule is Cc1nn(CC(=O)N(C)Cc2cccc(F)c2)c(C)c1N. The van der Waals surface area contributed by atoms with Crippen LogP contribution < -0.4 is 5.73 Å². The summed E-state index contributed by atoms with van der Waals surface area (Å²) in [4.78, 5) is 13.7. The van der Waals surface area contributed by atoms with Crippen molar-refractivity contribution < 1.29 is 9.18 Å². The highest BCUT2D eigenvalue weighted by atomic mass is 19.1. The lowest BCUT2D eigenvalue weighted by atomic mass is 10.2. The molecule has 0 unspecified atom stereocenters. The minimum absolute atomic E-state index is 0.107. The Morgan fingerprint density at radius 3 is 2.71 bits per heavy atom. The zero-order valence-corrected chi connectivity index (χ0v) is 12.4. The van der Waals surface area contributed by atoms with Crippen LogP contribution in [0.3, 0.4) is 0 Å². The number of hydrogen-bond donors (Lipinski definition) is 1. The normalized spacial score (nSPS) is 10.7. The molecule has 1 aromatic carbocycles. The maximum atomic E-state index is 13.1.